The molecule has 0 saturated carbocycles. The molecule has 2 aliphatic heterocycles. The third-order valence-electron chi connectivity index (χ3n) is 6.01. The number of anilines is 1. The van der Waals surface area contributed by atoms with Crippen LogP contribution in [0.2, 0.25) is 0 Å². The topological polar surface area (TPSA) is 91.3 Å². The average Bonchev–Trinajstić information content (AvgIpc) is 3.44. The first kappa shape index (κ1) is 22.6. The van der Waals surface area contributed by atoms with E-state index in [2.05, 4.69) is 51.2 Å². The minimum Gasteiger partial charge on any atom is -0.372 e. The van der Waals surface area contributed by atoms with Crippen LogP contribution in [0.4, 0.5) is 11.4 Å². The van der Waals surface area contributed by atoms with Gasteiger partial charge in [-0.1, -0.05) is 0 Å². The van der Waals surface area contributed by atoms with Gasteiger partial charge in [0.2, 0.25) is 11.6 Å². The van der Waals surface area contributed by atoms with Crippen molar-refractivity contribution in [2.75, 3.05) is 32.1 Å². The minimum absolute atomic E-state index is 0.0846. The fourth-order valence-corrected chi connectivity index (χ4v) is 3.87. The van der Waals surface area contributed by atoms with E-state index < -0.39 is 0 Å². The first-order valence-electron chi connectivity index (χ1n) is 11.2. The maximum Gasteiger partial charge on any atom is 0.276 e. The standard InChI is InChI=1S/C24H30N8O/c1-8-31(9-2)17-10-11-18(15(4)12-17)26-20-21(24(33)30(6)7)29-32-22(27-28-23(20)32)19-13-14(3)16(5)25-19/h10-13,16H,8-9H2,1-7H3. The van der Waals surface area contributed by atoms with Crippen molar-refractivity contribution < 1.29 is 4.79 Å². The van der Waals surface area contributed by atoms with E-state index in [0.717, 1.165) is 35.6 Å². The highest BCUT2D eigenvalue weighted by molar-refractivity contribution is 6.70. The molecule has 2 aliphatic rings. The summed E-state index contributed by atoms with van der Waals surface area (Å²) in [5.74, 6) is 0.711. The van der Waals surface area contributed by atoms with Crippen molar-refractivity contribution in [2.24, 2.45) is 15.1 Å². The molecule has 0 fully saturated rings. The number of hydrogen-bond acceptors (Lipinski definition) is 7. The summed E-state index contributed by atoms with van der Waals surface area (Å²) in [6, 6.07) is 6.23. The first-order chi connectivity index (χ1) is 15.7. The van der Waals surface area contributed by atoms with Crippen LogP contribution in [-0.4, -0.2) is 76.0 Å². The van der Waals surface area contributed by atoms with Gasteiger partial charge in [0, 0.05) is 32.9 Å². The van der Waals surface area contributed by atoms with Gasteiger partial charge in [0.05, 0.1) is 11.7 Å². The number of aryl methyl sites for hydroxylation is 1. The van der Waals surface area contributed by atoms with Crippen molar-refractivity contribution in [2.45, 2.75) is 40.7 Å². The van der Waals surface area contributed by atoms with Crippen LogP contribution in [0, 0.1) is 6.92 Å². The Morgan fingerprint density at radius 2 is 1.82 bits per heavy atom. The molecule has 172 valence electrons. The summed E-state index contributed by atoms with van der Waals surface area (Å²) < 4.78 is 1.58. The maximum atomic E-state index is 13.0. The van der Waals surface area contributed by atoms with Crippen LogP contribution in [0.1, 0.15) is 44.9 Å². The lowest BCUT2D eigenvalue weighted by Gasteiger charge is -2.21. The Morgan fingerprint density at radius 3 is 2.39 bits per heavy atom. The van der Waals surface area contributed by atoms with Gasteiger partial charge in [0.25, 0.3) is 5.91 Å². The molecule has 2 aromatic rings. The van der Waals surface area contributed by atoms with Gasteiger partial charge >= 0.3 is 0 Å². The average molecular weight is 447 g/mol. The summed E-state index contributed by atoms with van der Waals surface area (Å²) in [5.41, 5.74) is 5.43. The van der Waals surface area contributed by atoms with Crippen molar-refractivity contribution in [3.8, 4) is 0 Å². The first-order valence-corrected chi connectivity index (χ1v) is 11.2. The molecule has 4 rings (SSSR count). The van der Waals surface area contributed by atoms with Gasteiger partial charge in [-0.2, -0.15) is 9.78 Å². The number of benzene rings is 1. The Labute approximate surface area is 194 Å². The van der Waals surface area contributed by atoms with Gasteiger partial charge in [0.1, 0.15) is 11.4 Å². The number of carbonyl (C=O) groups is 1. The largest absolute Gasteiger partial charge is 0.372 e. The second-order valence-electron chi connectivity index (χ2n) is 8.49. The molecule has 9 heteroatoms. The van der Waals surface area contributed by atoms with E-state index in [-0.39, 0.29) is 17.7 Å². The highest BCUT2D eigenvalue weighted by Gasteiger charge is 2.35. The second-order valence-corrected chi connectivity index (χ2v) is 8.49. The Bertz CT molecular complexity index is 1230. The molecule has 1 amide bonds. The van der Waals surface area contributed by atoms with Crippen LogP contribution in [-0.2, 0) is 4.79 Å². The summed E-state index contributed by atoms with van der Waals surface area (Å²) in [6.45, 7) is 12.2. The highest BCUT2D eigenvalue weighted by atomic mass is 16.2. The van der Waals surface area contributed by atoms with Crippen molar-refractivity contribution in [3.63, 3.8) is 0 Å². The van der Waals surface area contributed by atoms with Crippen LogP contribution >= 0.6 is 0 Å². The fourth-order valence-electron chi connectivity index (χ4n) is 3.87. The van der Waals surface area contributed by atoms with E-state index in [1.807, 2.05) is 32.9 Å². The van der Waals surface area contributed by atoms with Crippen LogP contribution in [0.15, 0.2) is 44.9 Å². The third-order valence-corrected chi connectivity index (χ3v) is 6.01. The van der Waals surface area contributed by atoms with Gasteiger partial charge in [0.15, 0.2) is 5.71 Å². The molecular formula is C24H30N8O. The number of aliphatic imine (C=N–C) groups is 2. The molecule has 33 heavy (non-hydrogen) atoms. The van der Waals surface area contributed by atoms with Crippen molar-refractivity contribution in [1.82, 2.24) is 19.8 Å². The molecule has 0 radical (unpaired) electrons. The van der Waals surface area contributed by atoms with Crippen LogP contribution in [0.5, 0.6) is 0 Å². The molecular weight excluding hydrogens is 416 g/mol. The van der Waals surface area contributed by atoms with E-state index in [1.54, 1.807) is 18.8 Å². The quantitative estimate of drug-likeness (QED) is 0.682. The lowest BCUT2D eigenvalue weighted by molar-refractivity contribution is -0.121. The number of fused-ring (bicyclic) bond motifs is 1. The zero-order valence-corrected chi connectivity index (χ0v) is 20.3. The zero-order valence-electron chi connectivity index (χ0n) is 20.3. The Morgan fingerprint density at radius 1 is 1.12 bits per heavy atom. The van der Waals surface area contributed by atoms with Gasteiger partial charge in [-0.05, 0) is 70.0 Å². The van der Waals surface area contributed by atoms with Crippen molar-refractivity contribution in [3.05, 3.63) is 47.1 Å². The monoisotopic (exact) mass is 446 g/mol. The molecule has 3 heterocycles. The lowest BCUT2D eigenvalue weighted by atomic mass is 10.1. The van der Waals surface area contributed by atoms with Crippen LogP contribution < -0.4 is 4.90 Å². The fraction of sp³-hybridized carbons (Fsp3) is 0.417. The molecule has 0 saturated heterocycles. The molecule has 0 spiro atoms. The molecule has 0 aliphatic carbocycles. The predicted molar refractivity (Wildman–Crippen MR) is 132 cm³/mol. The van der Waals surface area contributed by atoms with Crippen LogP contribution in [0.3, 0.4) is 0 Å². The van der Waals surface area contributed by atoms with E-state index >= 15 is 0 Å². The predicted octanol–water partition coefficient (Wildman–Crippen LogP) is 3.00. The molecule has 9 nitrogen and oxygen atoms in total. The number of nitrogens with zero attached hydrogens (tertiary/aromatic N) is 8. The molecule has 1 aromatic carbocycles. The summed E-state index contributed by atoms with van der Waals surface area (Å²) in [7, 11) is 3.39. The SMILES string of the molecule is CCN(CC)c1ccc(N=C2C(C(=O)N(C)C)=Nn3c(C4=NC(C)C(C)=C4)nnc32)c(C)c1. The van der Waals surface area contributed by atoms with Gasteiger partial charge < -0.3 is 9.80 Å². The molecule has 1 atom stereocenters. The number of aromatic nitrogens is 3. The van der Waals surface area contributed by atoms with E-state index in [4.69, 9.17) is 4.99 Å². The lowest BCUT2D eigenvalue weighted by Crippen LogP contribution is -2.34. The van der Waals surface area contributed by atoms with Crippen molar-refractivity contribution >= 4 is 34.4 Å². The maximum absolute atomic E-state index is 13.0. The zero-order chi connectivity index (χ0) is 23.9. The summed E-state index contributed by atoms with van der Waals surface area (Å²) >= 11 is 0. The molecule has 0 N–H and O–H groups in total. The number of amides is 1. The third kappa shape index (κ3) is 3.99. The van der Waals surface area contributed by atoms with E-state index in [0.29, 0.717) is 23.1 Å². The van der Waals surface area contributed by atoms with Gasteiger partial charge in [-0.3, -0.25) is 9.79 Å². The Kier molecular flexibility index (Phi) is 5.97. The van der Waals surface area contributed by atoms with Crippen LogP contribution in [0.25, 0.3) is 0 Å². The smallest absolute Gasteiger partial charge is 0.276 e. The number of allylic oxidation sites excluding steroid dienone is 1. The Hall–Kier alpha value is -3.62. The highest BCUT2D eigenvalue weighted by Crippen LogP contribution is 2.27. The Balaban J connectivity index is 1.81. The number of hydrogen-bond donors (Lipinski definition) is 0. The van der Waals surface area contributed by atoms with Gasteiger partial charge in [-0.25, -0.2) is 4.99 Å². The van der Waals surface area contributed by atoms with Crippen molar-refractivity contribution in [1.29, 1.82) is 0 Å². The molecule has 1 unspecified atom stereocenters. The molecule has 0 bridgehead atoms. The summed E-state index contributed by atoms with van der Waals surface area (Å²) in [5, 5.41) is 13.2. The second kappa shape index (κ2) is 8.73. The number of carbonyl (C=O) groups excluding carboxylic acids is 1. The van der Waals surface area contributed by atoms with E-state index in [1.165, 1.54) is 4.90 Å². The summed E-state index contributed by atoms with van der Waals surface area (Å²) in [6.07, 6.45) is 1.98. The normalized spacial score (nSPS) is 18.2. The van der Waals surface area contributed by atoms with E-state index in [9.17, 15) is 4.79 Å². The number of rotatable bonds is 6. The minimum atomic E-state index is -0.240. The van der Waals surface area contributed by atoms with Gasteiger partial charge in [-0.15, -0.1) is 10.2 Å². The molecule has 1 aromatic heterocycles. The summed E-state index contributed by atoms with van der Waals surface area (Å²) in [4.78, 5) is 26.2.